The van der Waals surface area contributed by atoms with Gasteiger partial charge in [0.2, 0.25) is 0 Å². The fourth-order valence-electron chi connectivity index (χ4n) is 3.70. The highest BCUT2D eigenvalue weighted by Gasteiger charge is 2.41. The molecule has 1 aliphatic carbocycles. The van der Waals surface area contributed by atoms with Gasteiger partial charge in [-0.1, -0.05) is 48.5 Å². The van der Waals surface area contributed by atoms with Crippen LogP contribution in [0.5, 0.6) is 0 Å². The van der Waals surface area contributed by atoms with Gasteiger partial charge in [-0.05, 0) is 22.3 Å². The number of rotatable bonds is 3. The monoisotopic (exact) mass is 401 g/mol. The highest BCUT2D eigenvalue weighted by atomic mass is 32.2. The summed E-state index contributed by atoms with van der Waals surface area (Å²) in [5.41, 5.74) is 4.35. The van der Waals surface area contributed by atoms with Crippen molar-refractivity contribution in [1.82, 2.24) is 4.31 Å². The van der Waals surface area contributed by atoms with E-state index >= 15 is 0 Å². The molecule has 1 amide bonds. The quantitative estimate of drug-likeness (QED) is 0.736. The Morgan fingerprint density at radius 1 is 1.11 bits per heavy atom. The molecule has 0 saturated carbocycles. The minimum absolute atomic E-state index is 0.0639. The van der Waals surface area contributed by atoms with E-state index in [1.165, 1.54) is 7.11 Å². The summed E-state index contributed by atoms with van der Waals surface area (Å²) in [6, 6.07) is 14.9. The van der Waals surface area contributed by atoms with Crippen LogP contribution in [0, 0.1) is 0 Å². The summed E-state index contributed by atoms with van der Waals surface area (Å²) in [6.07, 6.45) is -0.668. The molecule has 1 saturated heterocycles. The van der Waals surface area contributed by atoms with Crippen molar-refractivity contribution in [3.05, 3.63) is 59.7 Å². The fraction of sp³-hybridized carbons (Fsp3) is 0.300. The first-order valence-electron chi connectivity index (χ1n) is 8.89. The molecule has 1 fully saturated rings. The van der Waals surface area contributed by atoms with Crippen molar-refractivity contribution in [3.8, 4) is 11.1 Å². The number of hydrogen-bond acceptors (Lipinski definition) is 6. The van der Waals surface area contributed by atoms with Crippen LogP contribution in [-0.2, 0) is 29.7 Å². The first-order chi connectivity index (χ1) is 13.6. The Bertz CT molecular complexity index is 900. The maximum Gasteiger partial charge on any atom is 0.424 e. The molecule has 4 rings (SSSR count). The van der Waals surface area contributed by atoms with Gasteiger partial charge in [0.25, 0.3) is 11.3 Å². The Hall–Kier alpha value is -2.71. The smallest absolute Gasteiger partial charge is 0.424 e. The van der Waals surface area contributed by atoms with Gasteiger partial charge in [0.1, 0.15) is 6.61 Å². The van der Waals surface area contributed by atoms with Gasteiger partial charge in [0.05, 0.1) is 13.7 Å². The molecule has 0 radical (unpaired) electrons. The van der Waals surface area contributed by atoms with E-state index < -0.39 is 29.4 Å². The van der Waals surface area contributed by atoms with Crippen LogP contribution in [0.2, 0.25) is 0 Å². The number of ether oxygens (including phenoxy) is 2. The number of hydrogen-bond donors (Lipinski definition) is 0. The zero-order chi connectivity index (χ0) is 19.7. The van der Waals surface area contributed by atoms with E-state index in [9.17, 15) is 13.8 Å². The van der Waals surface area contributed by atoms with Crippen molar-refractivity contribution < 1.29 is 27.5 Å². The van der Waals surface area contributed by atoms with Crippen LogP contribution in [0.15, 0.2) is 48.5 Å². The van der Waals surface area contributed by atoms with E-state index in [0.717, 1.165) is 26.6 Å². The normalized spacial score (nSPS) is 21.0. The topological polar surface area (TPSA) is 82.1 Å². The molecule has 7 nitrogen and oxygen atoms in total. The Labute approximate surface area is 165 Å². The van der Waals surface area contributed by atoms with E-state index in [0.29, 0.717) is 0 Å². The predicted octanol–water partition coefficient (Wildman–Crippen LogP) is 2.78. The Balaban J connectivity index is 1.55. The molecule has 0 bridgehead atoms. The third-order valence-corrected chi connectivity index (χ3v) is 6.10. The molecule has 2 aliphatic rings. The number of carbonyl (C=O) groups excluding carboxylic acids is 2. The lowest BCUT2D eigenvalue weighted by Crippen LogP contribution is -2.51. The van der Waals surface area contributed by atoms with Gasteiger partial charge < -0.3 is 9.47 Å². The summed E-state index contributed by atoms with van der Waals surface area (Å²) >= 11 is -2.10. The summed E-state index contributed by atoms with van der Waals surface area (Å²) in [5, 5.41) is 0. The van der Waals surface area contributed by atoms with E-state index in [4.69, 9.17) is 13.7 Å². The second-order valence-corrected chi connectivity index (χ2v) is 7.56. The van der Waals surface area contributed by atoms with Gasteiger partial charge in [0, 0.05) is 12.3 Å². The molecule has 1 aliphatic heterocycles. The van der Waals surface area contributed by atoms with Crippen LogP contribution in [0.4, 0.5) is 4.79 Å². The van der Waals surface area contributed by atoms with Gasteiger partial charge in [-0.2, -0.15) is 4.31 Å². The van der Waals surface area contributed by atoms with Crippen molar-refractivity contribution in [3.63, 3.8) is 0 Å². The van der Waals surface area contributed by atoms with Crippen LogP contribution in [0.25, 0.3) is 11.1 Å². The maximum absolute atomic E-state index is 12.6. The maximum atomic E-state index is 12.6. The number of benzene rings is 2. The Morgan fingerprint density at radius 2 is 1.71 bits per heavy atom. The standard InChI is InChI=1S/C20H19NO6S/c1-25-19(22)18-10-11-27-28(24)21(18)20(23)26-12-17-15-8-4-2-6-13(15)14-7-3-5-9-16(14)17/h2-9,17-18H,10-12H2,1H3/t18-,28+/m0/s1. The first-order valence-corrected chi connectivity index (χ1v) is 9.92. The summed E-state index contributed by atoms with van der Waals surface area (Å²) < 4.78 is 28.2. The third kappa shape index (κ3) is 3.18. The number of methoxy groups -OCH3 is 1. The van der Waals surface area contributed by atoms with Crippen LogP contribution < -0.4 is 0 Å². The number of fused-ring (bicyclic) bond motifs is 3. The molecule has 0 spiro atoms. The number of amides is 1. The molecule has 1 heterocycles. The molecule has 146 valence electrons. The van der Waals surface area contributed by atoms with Crippen molar-refractivity contribution in [2.24, 2.45) is 0 Å². The molecule has 28 heavy (non-hydrogen) atoms. The SMILES string of the molecule is COC(=O)[C@@H]1CCO[S@@](=O)N1C(=O)OCC1c2ccccc2-c2ccccc21. The number of carbonyl (C=O) groups is 2. The van der Waals surface area contributed by atoms with Crippen LogP contribution in [-0.4, -0.2) is 46.9 Å². The molecular formula is C20H19NO6S. The molecule has 0 unspecified atom stereocenters. The van der Waals surface area contributed by atoms with E-state index in [1.54, 1.807) is 0 Å². The van der Waals surface area contributed by atoms with Crippen molar-refractivity contribution >= 4 is 23.3 Å². The van der Waals surface area contributed by atoms with Crippen LogP contribution in [0.1, 0.15) is 23.5 Å². The minimum atomic E-state index is -2.10. The van der Waals surface area contributed by atoms with E-state index in [1.807, 2.05) is 48.5 Å². The van der Waals surface area contributed by atoms with Crippen molar-refractivity contribution in [1.29, 1.82) is 0 Å². The molecule has 2 aromatic carbocycles. The highest BCUT2D eigenvalue weighted by Crippen LogP contribution is 2.44. The summed E-state index contributed by atoms with van der Waals surface area (Å²) in [6.45, 7) is 0.161. The second kappa shape index (κ2) is 7.73. The highest BCUT2D eigenvalue weighted by molar-refractivity contribution is 7.78. The average Bonchev–Trinajstić information content (AvgIpc) is 3.05. The molecule has 0 N–H and O–H groups in total. The summed E-state index contributed by atoms with van der Waals surface area (Å²) in [5.74, 6) is -0.780. The largest absolute Gasteiger partial charge is 0.467 e. The first kappa shape index (κ1) is 18.6. The second-order valence-electron chi connectivity index (χ2n) is 6.50. The van der Waals surface area contributed by atoms with Crippen molar-refractivity contribution in [2.75, 3.05) is 20.3 Å². The number of esters is 1. The molecular weight excluding hydrogens is 382 g/mol. The molecule has 8 heteroatoms. The van der Waals surface area contributed by atoms with Gasteiger partial charge in [0.15, 0.2) is 6.04 Å². The predicted molar refractivity (Wildman–Crippen MR) is 101 cm³/mol. The van der Waals surface area contributed by atoms with Crippen LogP contribution in [0.3, 0.4) is 0 Å². The lowest BCUT2D eigenvalue weighted by molar-refractivity contribution is -0.145. The van der Waals surface area contributed by atoms with E-state index in [2.05, 4.69) is 0 Å². The van der Waals surface area contributed by atoms with Gasteiger partial charge >= 0.3 is 12.1 Å². The zero-order valence-electron chi connectivity index (χ0n) is 15.2. The van der Waals surface area contributed by atoms with Gasteiger partial charge in [-0.3, -0.25) is 4.18 Å². The minimum Gasteiger partial charge on any atom is -0.467 e. The summed E-state index contributed by atoms with van der Waals surface area (Å²) in [4.78, 5) is 24.6. The Kier molecular flexibility index (Phi) is 5.15. The molecule has 2 atom stereocenters. The zero-order valence-corrected chi connectivity index (χ0v) is 16.0. The average molecular weight is 401 g/mol. The number of nitrogens with zero attached hydrogens (tertiary/aromatic N) is 1. The molecule has 0 aromatic heterocycles. The van der Waals surface area contributed by atoms with E-state index in [-0.39, 0.29) is 25.6 Å². The fourth-order valence-corrected chi connectivity index (χ4v) is 4.63. The van der Waals surface area contributed by atoms with Crippen molar-refractivity contribution in [2.45, 2.75) is 18.4 Å². The van der Waals surface area contributed by atoms with Crippen LogP contribution >= 0.6 is 0 Å². The lowest BCUT2D eigenvalue weighted by atomic mass is 9.98. The molecule has 2 aromatic rings. The third-order valence-electron chi connectivity index (χ3n) is 5.01. The Morgan fingerprint density at radius 3 is 2.32 bits per heavy atom. The lowest BCUT2D eigenvalue weighted by Gasteiger charge is -2.30. The van der Waals surface area contributed by atoms with Gasteiger partial charge in [-0.15, -0.1) is 0 Å². The summed E-state index contributed by atoms with van der Waals surface area (Å²) in [7, 11) is 1.22. The van der Waals surface area contributed by atoms with Gasteiger partial charge in [-0.25, -0.2) is 13.8 Å².